The van der Waals surface area contributed by atoms with E-state index in [0.717, 1.165) is 30.5 Å². The minimum atomic E-state index is -0.429. The van der Waals surface area contributed by atoms with Gasteiger partial charge in [-0.15, -0.1) is 0 Å². The summed E-state index contributed by atoms with van der Waals surface area (Å²) < 4.78 is 20.3. The van der Waals surface area contributed by atoms with E-state index in [2.05, 4.69) is 4.98 Å². The molecular weight excluding hydrogens is 347 g/mol. The highest BCUT2D eigenvalue weighted by molar-refractivity contribution is 5.19. The van der Waals surface area contributed by atoms with Crippen LogP contribution in [0.2, 0.25) is 0 Å². The molecule has 0 atom stereocenters. The van der Waals surface area contributed by atoms with Crippen LogP contribution in [0.4, 0.5) is 4.39 Å². The number of nitrogens with zero attached hydrogens (tertiary/aromatic N) is 1. The maximum atomic E-state index is 13.0. The fourth-order valence-electron chi connectivity index (χ4n) is 3.89. The molecule has 0 unspecified atom stereocenters. The van der Waals surface area contributed by atoms with Gasteiger partial charge in [0.15, 0.2) is 0 Å². The summed E-state index contributed by atoms with van der Waals surface area (Å²) >= 11 is 0. The van der Waals surface area contributed by atoms with Gasteiger partial charge in [0.2, 0.25) is 0 Å². The second kappa shape index (κ2) is 9.13. The van der Waals surface area contributed by atoms with Crippen LogP contribution in [0.5, 0.6) is 0 Å². The molecule has 1 saturated carbocycles. The summed E-state index contributed by atoms with van der Waals surface area (Å²) in [7, 11) is 0. The van der Waals surface area contributed by atoms with Crippen molar-refractivity contribution in [3.05, 3.63) is 67.7 Å². The van der Waals surface area contributed by atoms with Gasteiger partial charge in [-0.1, -0.05) is 51.2 Å². The largest absolute Gasteiger partial charge is 0.356 e. The predicted molar refractivity (Wildman–Crippen MR) is 102 cm³/mol. The van der Waals surface area contributed by atoms with Gasteiger partial charge < -0.3 is 4.74 Å². The molecule has 1 heterocycles. The quantitative estimate of drug-likeness (QED) is 0.806. The molecule has 1 fully saturated rings. The molecule has 0 saturated heterocycles. The summed E-state index contributed by atoms with van der Waals surface area (Å²) in [4.78, 5) is 27.1. The molecule has 1 aromatic carbocycles. The average Bonchev–Trinajstić information content (AvgIpc) is 2.66. The lowest BCUT2D eigenvalue weighted by molar-refractivity contribution is 0.0580. The topological polar surface area (TPSA) is 64.1 Å². The van der Waals surface area contributed by atoms with Crippen LogP contribution in [0.1, 0.15) is 55.8 Å². The van der Waals surface area contributed by atoms with Crippen molar-refractivity contribution in [1.29, 1.82) is 0 Å². The SMILES string of the molecule is CCc1c(CC2CCCCC2)n(COCc2ccc(F)cc2)c(=O)[nH]c1=O. The van der Waals surface area contributed by atoms with Crippen LogP contribution < -0.4 is 11.2 Å². The molecule has 0 spiro atoms. The Labute approximate surface area is 158 Å². The Bertz CT molecular complexity index is 864. The zero-order valence-corrected chi connectivity index (χ0v) is 15.8. The van der Waals surface area contributed by atoms with Crippen molar-refractivity contribution in [3.63, 3.8) is 0 Å². The van der Waals surface area contributed by atoms with Gasteiger partial charge in [0.1, 0.15) is 12.5 Å². The lowest BCUT2D eigenvalue weighted by Crippen LogP contribution is -2.36. The van der Waals surface area contributed by atoms with Crippen molar-refractivity contribution >= 4 is 0 Å². The minimum absolute atomic E-state index is 0.0715. The first-order valence-electron chi connectivity index (χ1n) is 9.75. The van der Waals surface area contributed by atoms with Crippen LogP contribution in [0.25, 0.3) is 0 Å². The van der Waals surface area contributed by atoms with E-state index in [-0.39, 0.29) is 24.7 Å². The Hall–Kier alpha value is -2.21. The number of H-pyrrole nitrogens is 1. The highest BCUT2D eigenvalue weighted by atomic mass is 19.1. The third-order valence-electron chi connectivity index (χ3n) is 5.38. The van der Waals surface area contributed by atoms with Crippen LogP contribution in [-0.4, -0.2) is 9.55 Å². The Kier molecular flexibility index (Phi) is 6.61. The number of nitrogens with one attached hydrogen (secondary N) is 1. The van der Waals surface area contributed by atoms with E-state index in [4.69, 9.17) is 4.74 Å². The van der Waals surface area contributed by atoms with Gasteiger partial charge in [0, 0.05) is 11.3 Å². The van der Waals surface area contributed by atoms with Crippen molar-refractivity contribution in [3.8, 4) is 0 Å². The standard InChI is InChI=1S/C21H27FN2O3/c1-2-18-19(12-15-6-4-3-5-7-15)24(21(26)23-20(18)25)14-27-13-16-8-10-17(22)11-9-16/h8-11,15H,2-7,12-14H2,1H3,(H,23,25,26). The molecule has 5 nitrogen and oxygen atoms in total. The van der Waals surface area contributed by atoms with E-state index in [1.807, 2.05) is 6.92 Å². The maximum Gasteiger partial charge on any atom is 0.330 e. The normalized spacial score (nSPS) is 15.2. The molecule has 1 aliphatic rings. The van der Waals surface area contributed by atoms with Crippen LogP contribution >= 0.6 is 0 Å². The van der Waals surface area contributed by atoms with Crippen LogP contribution in [0.15, 0.2) is 33.9 Å². The second-order valence-corrected chi connectivity index (χ2v) is 7.28. The van der Waals surface area contributed by atoms with Crippen molar-refractivity contribution in [2.24, 2.45) is 5.92 Å². The molecule has 146 valence electrons. The highest BCUT2D eigenvalue weighted by Crippen LogP contribution is 2.27. The number of hydrogen-bond acceptors (Lipinski definition) is 3. The monoisotopic (exact) mass is 374 g/mol. The molecule has 3 rings (SSSR count). The summed E-state index contributed by atoms with van der Waals surface area (Å²) in [5.74, 6) is 0.214. The molecule has 27 heavy (non-hydrogen) atoms. The zero-order valence-electron chi connectivity index (χ0n) is 15.8. The predicted octanol–water partition coefficient (Wildman–Crippen LogP) is 3.54. The van der Waals surface area contributed by atoms with Crippen molar-refractivity contribution in [2.45, 2.75) is 65.2 Å². The number of hydrogen-bond donors (Lipinski definition) is 1. The fourth-order valence-corrected chi connectivity index (χ4v) is 3.89. The van der Waals surface area contributed by atoms with Crippen LogP contribution in [0, 0.1) is 11.7 Å². The Morgan fingerprint density at radius 1 is 1.15 bits per heavy atom. The van der Waals surface area contributed by atoms with Gasteiger partial charge in [0.25, 0.3) is 5.56 Å². The van der Waals surface area contributed by atoms with E-state index < -0.39 is 5.69 Å². The first-order chi connectivity index (χ1) is 13.1. The van der Waals surface area contributed by atoms with Gasteiger partial charge in [-0.05, 0) is 36.5 Å². The Morgan fingerprint density at radius 2 is 1.85 bits per heavy atom. The molecule has 1 N–H and O–H groups in total. The summed E-state index contributed by atoms with van der Waals surface area (Å²) in [6.45, 7) is 2.28. The Balaban J connectivity index is 1.80. The molecular formula is C21H27FN2O3. The van der Waals surface area contributed by atoms with Gasteiger partial charge in [-0.25, -0.2) is 9.18 Å². The number of ether oxygens (including phenoxy) is 1. The smallest absolute Gasteiger partial charge is 0.330 e. The molecule has 0 amide bonds. The number of aromatic nitrogens is 2. The van der Waals surface area contributed by atoms with Crippen molar-refractivity contribution < 1.29 is 9.13 Å². The van der Waals surface area contributed by atoms with E-state index in [1.165, 1.54) is 31.4 Å². The summed E-state index contributed by atoms with van der Waals surface area (Å²) in [6.07, 6.45) is 7.28. The first-order valence-corrected chi connectivity index (χ1v) is 9.75. The highest BCUT2D eigenvalue weighted by Gasteiger charge is 2.20. The number of halogens is 1. The van der Waals surface area contributed by atoms with Gasteiger partial charge in [-0.2, -0.15) is 0 Å². The zero-order chi connectivity index (χ0) is 19.2. The number of rotatable bonds is 7. The summed E-state index contributed by atoms with van der Waals surface area (Å²) in [5.41, 5.74) is 1.59. The summed E-state index contributed by atoms with van der Waals surface area (Å²) in [6, 6.07) is 6.08. The van der Waals surface area contributed by atoms with E-state index >= 15 is 0 Å². The number of aromatic amines is 1. The number of benzene rings is 1. The minimum Gasteiger partial charge on any atom is -0.356 e. The van der Waals surface area contributed by atoms with Crippen LogP contribution in [-0.2, 0) is 30.9 Å². The van der Waals surface area contributed by atoms with Gasteiger partial charge in [-0.3, -0.25) is 14.3 Å². The second-order valence-electron chi connectivity index (χ2n) is 7.28. The van der Waals surface area contributed by atoms with E-state index in [1.54, 1.807) is 16.7 Å². The molecule has 6 heteroatoms. The third-order valence-corrected chi connectivity index (χ3v) is 5.38. The van der Waals surface area contributed by atoms with Crippen LogP contribution in [0.3, 0.4) is 0 Å². The molecule has 0 aliphatic heterocycles. The molecule has 1 aliphatic carbocycles. The Morgan fingerprint density at radius 3 is 2.52 bits per heavy atom. The lowest BCUT2D eigenvalue weighted by atomic mass is 9.85. The van der Waals surface area contributed by atoms with Gasteiger partial charge >= 0.3 is 5.69 Å². The van der Waals surface area contributed by atoms with E-state index in [9.17, 15) is 14.0 Å². The maximum absolute atomic E-state index is 13.0. The summed E-state index contributed by atoms with van der Waals surface area (Å²) in [5, 5.41) is 0. The first kappa shape index (κ1) is 19.5. The van der Waals surface area contributed by atoms with E-state index in [0.29, 0.717) is 17.9 Å². The molecule has 1 aromatic heterocycles. The lowest BCUT2D eigenvalue weighted by Gasteiger charge is -2.24. The molecule has 0 radical (unpaired) electrons. The third kappa shape index (κ3) is 4.95. The molecule has 2 aromatic rings. The average molecular weight is 374 g/mol. The van der Waals surface area contributed by atoms with Crippen molar-refractivity contribution in [2.75, 3.05) is 0 Å². The molecule has 0 bridgehead atoms. The van der Waals surface area contributed by atoms with Crippen molar-refractivity contribution in [1.82, 2.24) is 9.55 Å². The van der Waals surface area contributed by atoms with Gasteiger partial charge in [0.05, 0.1) is 6.61 Å². The fraction of sp³-hybridized carbons (Fsp3) is 0.524.